The molecule has 0 spiro atoms. The van der Waals surface area contributed by atoms with Gasteiger partial charge in [0.25, 0.3) is 0 Å². The van der Waals surface area contributed by atoms with Gasteiger partial charge in [0.15, 0.2) is 8.32 Å². The lowest BCUT2D eigenvalue weighted by Gasteiger charge is -2.27. The fourth-order valence-electron chi connectivity index (χ4n) is 2.18. The van der Waals surface area contributed by atoms with E-state index in [4.69, 9.17) is 16.0 Å². The molecule has 0 amide bonds. The third kappa shape index (κ3) is 5.89. The van der Waals surface area contributed by atoms with Crippen LogP contribution in [0.25, 0.3) is 0 Å². The summed E-state index contributed by atoms with van der Waals surface area (Å²) in [5.74, 6) is 0. The first kappa shape index (κ1) is 17.2. The summed E-state index contributed by atoms with van der Waals surface area (Å²) in [5, 5.41) is 3.98. The number of hydrogen-bond donors (Lipinski definition) is 1. The van der Waals surface area contributed by atoms with Gasteiger partial charge in [-0.15, -0.1) is 0 Å². The van der Waals surface area contributed by atoms with Gasteiger partial charge in [0.05, 0.1) is 6.10 Å². The Morgan fingerprint density at radius 3 is 2.45 bits per heavy atom. The van der Waals surface area contributed by atoms with Crippen molar-refractivity contribution in [1.82, 2.24) is 10.3 Å². The SMILES string of the molecule is C[Si](C)(C)OC(CNCc1ccccc1)c1ccc(Cl)nc1. The minimum absolute atomic E-state index is 0.000135. The number of pyridine rings is 1. The van der Waals surface area contributed by atoms with E-state index >= 15 is 0 Å². The van der Waals surface area contributed by atoms with Crippen LogP contribution in [-0.2, 0) is 11.0 Å². The van der Waals surface area contributed by atoms with Gasteiger partial charge in [-0.05, 0) is 36.8 Å². The summed E-state index contributed by atoms with van der Waals surface area (Å²) in [6.45, 7) is 8.16. The van der Waals surface area contributed by atoms with Crippen LogP contribution in [0, 0.1) is 0 Å². The molecule has 0 saturated carbocycles. The molecule has 0 saturated heterocycles. The molecule has 1 unspecified atom stereocenters. The third-order valence-electron chi connectivity index (χ3n) is 3.12. The molecule has 1 aromatic carbocycles. The summed E-state index contributed by atoms with van der Waals surface area (Å²) in [4.78, 5) is 4.17. The molecule has 0 aliphatic heterocycles. The molecule has 22 heavy (non-hydrogen) atoms. The molecule has 0 fully saturated rings. The van der Waals surface area contributed by atoms with Crippen molar-refractivity contribution in [3.05, 3.63) is 64.9 Å². The standard InChI is InChI=1S/C17H23ClN2OSi/c1-22(2,3)21-16(15-9-10-17(18)20-12-15)13-19-11-14-7-5-4-6-8-14/h4-10,12,16,19H,11,13H2,1-3H3. The van der Waals surface area contributed by atoms with Crippen molar-refractivity contribution in [3.8, 4) is 0 Å². The first-order valence-electron chi connectivity index (χ1n) is 7.48. The smallest absolute Gasteiger partial charge is 0.184 e. The second-order valence-electron chi connectivity index (χ2n) is 6.25. The number of benzene rings is 1. The average Bonchev–Trinajstić information content (AvgIpc) is 2.47. The number of halogens is 1. The van der Waals surface area contributed by atoms with E-state index < -0.39 is 8.32 Å². The van der Waals surface area contributed by atoms with E-state index in [9.17, 15) is 0 Å². The zero-order valence-corrected chi connectivity index (χ0v) is 15.1. The topological polar surface area (TPSA) is 34.1 Å². The lowest BCUT2D eigenvalue weighted by molar-refractivity contribution is 0.193. The molecule has 5 heteroatoms. The highest BCUT2D eigenvalue weighted by molar-refractivity contribution is 6.69. The fraction of sp³-hybridized carbons (Fsp3) is 0.353. The Kier molecular flexibility index (Phi) is 6.14. The molecular formula is C17H23ClN2OSi. The van der Waals surface area contributed by atoms with Crippen molar-refractivity contribution in [3.63, 3.8) is 0 Å². The predicted octanol–water partition coefficient (Wildman–Crippen LogP) is 4.42. The minimum Gasteiger partial charge on any atom is -0.409 e. The normalized spacial score (nSPS) is 13.1. The number of nitrogens with zero attached hydrogens (tertiary/aromatic N) is 1. The molecule has 0 aliphatic rings. The highest BCUT2D eigenvalue weighted by Gasteiger charge is 2.22. The maximum atomic E-state index is 6.29. The van der Waals surface area contributed by atoms with Crippen molar-refractivity contribution >= 4 is 19.9 Å². The maximum Gasteiger partial charge on any atom is 0.184 e. The van der Waals surface area contributed by atoms with E-state index in [1.165, 1.54) is 5.56 Å². The monoisotopic (exact) mass is 334 g/mol. The molecule has 3 nitrogen and oxygen atoms in total. The molecule has 1 heterocycles. The van der Waals surface area contributed by atoms with Crippen LogP contribution in [0.15, 0.2) is 48.7 Å². The van der Waals surface area contributed by atoms with Crippen LogP contribution in [0.4, 0.5) is 0 Å². The quantitative estimate of drug-likeness (QED) is 0.601. The summed E-state index contributed by atoms with van der Waals surface area (Å²) in [6, 6.07) is 14.2. The van der Waals surface area contributed by atoms with Crippen molar-refractivity contribution in [2.45, 2.75) is 32.3 Å². The van der Waals surface area contributed by atoms with Gasteiger partial charge < -0.3 is 9.74 Å². The van der Waals surface area contributed by atoms with Gasteiger partial charge in [-0.1, -0.05) is 48.0 Å². The molecule has 118 valence electrons. The Hall–Kier alpha value is -1.20. The summed E-state index contributed by atoms with van der Waals surface area (Å²) < 4.78 is 6.29. The van der Waals surface area contributed by atoms with Crippen LogP contribution >= 0.6 is 11.6 Å². The van der Waals surface area contributed by atoms with Crippen LogP contribution < -0.4 is 5.32 Å². The van der Waals surface area contributed by atoms with Crippen LogP contribution in [-0.4, -0.2) is 19.8 Å². The third-order valence-corrected chi connectivity index (χ3v) is 4.33. The lowest BCUT2D eigenvalue weighted by Crippen LogP contribution is -2.33. The Bertz CT molecular complexity index is 569. The van der Waals surface area contributed by atoms with Gasteiger partial charge in [-0.25, -0.2) is 4.98 Å². The van der Waals surface area contributed by atoms with Gasteiger partial charge in [-0.3, -0.25) is 0 Å². The number of hydrogen-bond acceptors (Lipinski definition) is 3. The van der Waals surface area contributed by atoms with Crippen LogP contribution in [0.2, 0.25) is 24.8 Å². The molecule has 1 N–H and O–H groups in total. The first-order chi connectivity index (χ1) is 10.4. The highest BCUT2D eigenvalue weighted by atomic mass is 35.5. The zero-order chi connectivity index (χ0) is 16.0. The van der Waals surface area contributed by atoms with Gasteiger partial charge in [0.2, 0.25) is 0 Å². The predicted molar refractivity (Wildman–Crippen MR) is 94.6 cm³/mol. The van der Waals surface area contributed by atoms with E-state index in [0.717, 1.165) is 18.7 Å². The molecule has 0 bridgehead atoms. The zero-order valence-electron chi connectivity index (χ0n) is 13.3. The molecular weight excluding hydrogens is 312 g/mol. The summed E-state index contributed by atoms with van der Waals surface area (Å²) in [5.41, 5.74) is 2.33. The van der Waals surface area contributed by atoms with Crippen LogP contribution in [0.3, 0.4) is 0 Å². The van der Waals surface area contributed by atoms with E-state index in [1.807, 2.05) is 18.2 Å². The second-order valence-corrected chi connectivity index (χ2v) is 11.1. The Balaban J connectivity index is 2.00. The largest absolute Gasteiger partial charge is 0.409 e. The second kappa shape index (κ2) is 7.88. The van der Waals surface area contributed by atoms with Crippen molar-refractivity contribution in [1.29, 1.82) is 0 Å². The molecule has 2 aromatic rings. The Labute approximate surface area is 138 Å². The molecule has 1 atom stereocenters. The van der Waals surface area contributed by atoms with Crippen molar-refractivity contribution in [2.24, 2.45) is 0 Å². The van der Waals surface area contributed by atoms with Crippen LogP contribution in [0.1, 0.15) is 17.2 Å². The first-order valence-corrected chi connectivity index (χ1v) is 11.3. The number of rotatable bonds is 7. The number of nitrogens with one attached hydrogen (secondary N) is 1. The van der Waals surface area contributed by atoms with E-state index in [0.29, 0.717) is 5.15 Å². The van der Waals surface area contributed by atoms with E-state index in [-0.39, 0.29) is 6.10 Å². The van der Waals surface area contributed by atoms with Gasteiger partial charge in [0.1, 0.15) is 5.15 Å². The molecule has 2 rings (SSSR count). The highest BCUT2D eigenvalue weighted by Crippen LogP contribution is 2.22. The molecule has 0 radical (unpaired) electrons. The minimum atomic E-state index is -1.65. The summed E-state index contributed by atoms with van der Waals surface area (Å²) in [6.07, 6.45) is 1.80. The van der Waals surface area contributed by atoms with E-state index in [1.54, 1.807) is 6.20 Å². The maximum absolute atomic E-state index is 6.29. The van der Waals surface area contributed by atoms with Gasteiger partial charge in [0, 0.05) is 19.3 Å². The van der Waals surface area contributed by atoms with Gasteiger partial charge >= 0.3 is 0 Å². The lowest BCUT2D eigenvalue weighted by atomic mass is 10.1. The number of aromatic nitrogens is 1. The summed E-state index contributed by atoms with van der Waals surface area (Å²) >= 11 is 5.87. The van der Waals surface area contributed by atoms with Crippen molar-refractivity contribution in [2.75, 3.05) is 6.54 Å². The molecule has 0 aliphatic carbocycles. The Morgan fingerprint density at radius 2 is 1.86 bits per heavy atom. The fourth-order valence-corrected chi connectivity index (χ4v) is 3.36. The summed E-state index contributed by atoms with van der Waals surface area (Å²) in [7, 11) is -1.65. The average molecular weight is 335 g/mol. The van der Waals surface area contributed by atoms with Crippen LogP contribution in [0.5, 0.6) is 0 Å². The van der Waals surface area contributed by atoms with Gasteiger partial charge in [-0.2, -0.15) is 0 Å². The molecule has 1 aromatic heterocycles. The Morgan fingerprint density at radius 1 is 1.14 bits per heavy atom. The van der Waals surface area contributed by atoms with Crippen molar-refractivity contribution < 1.29 is 4.43 Å². The van der Waals surface area contributed by atoms with E-state index in [2.05, 4.69) is 54.2 Å².